The summed E-state index contributed by atoms with van der Waals surface area (Å²) in [5.74, 6) is 0. The number of hydrogen-bond donors (Lipinski definition) is 0. The van der Waals surface area contributed by atoms with Gasteiger partial charge >= 0.3 is 153 Å². The van der Waals surface area contributed by atoms with E-state index in [-0.39, 0.29) is 10.8 Å². The van der Waals surface area contributed by atoms with Gasteiger partial charge in [-0.1, -0.05) is 0 Å². The molecule has 0 nitrogen and oxygen atoms in total. The zero-order valence-electron chi connectivity index (χ0n) is 14.4. The van der Waals surface area contributed by atoms with Crippen molar-refractivity contribution in [3.8, 4) is 0 Å². The first-order valence-electron chi connectivity index (χ1n) is 8.11. The van der Waals surface area contributed by atoms with E-state index in [2.05, 4.69) is 76.2 Å². The Balaban J connectivity index is 2.16. The molecule has 0 saturated heterocycles. The van der Waals surface area contributed by atoms with Crippen molar-refractivity contribution in [2.45, 2.75) is 48.0 Å². The summed E-state index contributed by atoms with van der Waals surface area (Å²) < 4.78 is 1.80. The summed E-state index contributed by atoms with van der Waals surface area (Å²) in [6.07, 6.45) is 0. The molecule has 0 heterocycles. The van der Waals surface area contributed by atoms with Crippen LogP contribution in [0, 0.1) is 0 Å². The zero-order valence-corrected chi connectivity index (χ0v) is 17.5. The Morgan fingerprint density at radius 3 is 1.26 bits per heavy atom. The van der Waals surface area contributed by atoms with Gasteiger partial charge in [0.25, 0.3) is 0 Å². The Labute approximate surface area is 152 Å². The molecule has 0 aromatic heterocycles. The zero-order chi connectivity index (χ0) is 17.1. The van der Waals surface area contributed by atoms with Gasteiger partial charge in [0.2, 0.25) is 0 Å². The SMILES string of the molecule is CC(C)([CH2][Ti]([Cl])([Cl])[CH2]C(C)(C)c1ccccc1)c1ccccc1. The van der Waals surface area contributed by atoms with Crippen molar-refractivity contribution >= 4 is 18.6 Å². The average Bonchev–Trinajstić information content (AvgIpc) is 2.47. The third kappa shape index (κ3) is 5.36. The summed E-state index contributed by atoms with van der Waals surface area (Å²) in [6.45, 7) is 9.01. The number of rotatable bonds is 6. The fourth-order valence-corrected chi connectivity index (χ4v) is 13.7. The standard InChI is InChI=1S/2C10H13.2ClH.Ti/c2*1-10(2,3)9-7-5-4-6-8-9;;;/h2*4-8H,1H2,2-3H3;2*1H;/q;;;;+2/p-2. The van der Waals surface area contributed by atoms with Gasteiger partial charge in [-0.25, -0.2) is 0 Å². The van der Waals surface area contributed by atoms with E-state index in [1.165, 1.54) is 11.1 Å². The maximum atomic E-state index is 6.96. The Bertz CT molecular complexity index is 563. The molecule has 0 bridgehead atoms. The second-order valence-corrected chi connectivity index (χ2v) is 18.3. The van der Waals surface area contributed by atoms with Crippen molar-refractivity contribution in [1.82, 2.24) is 0 Å². The van der Waals surface area contributed by atoms with E-state index in [4.69, 9.17) is 18.6 Å². The molecular formula is C20H26Cl2Ti. The molecule has 0 saturated carbocycles. The summed E-state index contributed by atoms with van der Waals surface area (Å²) in [4.78, 5) is 0. The van der Waals surface area contributed by atoms with Crippen molar-refractivity contribution < 1.29 is 14.5 Å². The monoisotopic (exact) mass is 384 g/mol. The Morgan fingerprint density at radius 2 is 0.957 bits per heavy atom. The van der Waals surface area contributed by atoms with E-state index < -0.39 is 14.5 Å². The summed E-state index contributed by atoms with van der Waals surface area (Å²) in [5, 5.41) is 0. The predicted molar refractivity (Wildman–Crippen MR) is 100 cm³/mol. The fraction of sp³-hybridized carbons (Fsp3) is 0.400. The van der Waals surface area contributed by atoms with E-state index in [1.54, 1.807) is 0 Å². The summed E-state index contributed by atoms with van der Waals surface area (Å²) in [5.41, 5.74) is 2.65. The van der Waals surface area contributed by atoms with Crippen molar-refractivity contribution in [1.29, 1.82) is 0 Å². The molecule has 124 valence electrons. The van der Waals surface area contributed by atoms with E-state index >= 15 is 0 Å². The molecule has 2 aromatic rings. The molecule has 2 aromatic carbocycles. The first-order valence-corrected chi connectivity index (χ1v) is 14.6. The number of halogens is 2. The third-order valence-corrected chi connectivity index (χ3v) is 11.1. The molecule has 0 aliphatic rings. The van der Waals surface area contributed by atoms with E-state index in [9.17, 15) is 0 Å². The summed E-state index contributed by atoms with van der Waals surface area (Å²) in [7, 11) is 13.9. The first-order chi connectivity index (χ1) is 10.6. The van der Waals surface area contributed by atoms with Gasteiger partial charge in [-0.15, -0.1) is 0 Å². The molecule has 3 heteroatoms. The molecule has 2 rings (SSSR count). The maximum absolute atomic E-state index is 6.96. The Kier molecular flexibility index (Phi) is 6.07. The first kappa shape index (κ1) is 19.1. The van der Waals surface area contributed by atoms with Crippen LogP contribution in [0.2, 0.25) is 9.45 Å². The van der Waals surface area contributed by atoms with Gasteiger partial charge in [0.1, 0.15) is 0 Å². The second kappa shape index (κ2) is 7.32. The van der Waals surface area contributed by atoms with Gasteiger partial charge in [0.15, 0.2) is 0 Å². The molecule has 0 spiro atoms. The normalized spacial score (nSPS) is 13.1. The molecule has 0 N–H and O–H groups in total. The van der Waals surface area contributed by atoms with Crippen LogP contribution in [-0.2, 0) is 25.3 Å². The van der Waals surface area contributed by atoms with Crippen molar-refractivity contribution in [2.24, 2.45) is 0 Å². The van der Waals surface area contributed by atoms with Gasteiger partial charge in [-0.3, -0.25) is 0 Å². The van der Waals surface area contributed by atoms with Crippen LogP contribution in [-0.4, -0.2) is 0 Å². The predicted octanol–water partition coefficient (Wildman–Crippen LogP) is 7.24. The quantitative estimate of drug-likeness (QED) is 0.460. The van der Waals surface area contributed by atoms with Crippen LogP contribution in [0.4, 0.5) is 0 Å². The van der Waals surface area contributed by atoms with Crippen LogP contribution >= 0.6 is 18.6 Å². The van der Waals surface area contributed by atoms with Crippen molar-refractivity contribution in [2.75, 3.05) is 0 Å². The molecule has 0 fully saturated rings. The molecule has 0 radical (unpaired) electrons. The van der Waals surface area contributed by atoms with Crippen LogP contribution in [0.15, 0.2) is 60.7 Å². The van der Waals surface area contributed by atoms with Gasteiger partial charge in [-0.05, 0) is 0 Å². The molecule has 23 heavy (non-hydrogen) atoms. The van der Waals surface area contributed by atoms with Crippen molar-refractivity contribution in [3.63, 3.8) is 0 Å². The second-order valence-electron chi connectivity index (χ2n) is 7.71. The summed E-state index contributed by atoms with van der Waals surface area (Å²) >= 11 is -2.96. The van der Waals surface area contributed by atoms with Gasteiger partial charge < -0.3 is 0 Å². The summed E-state index contributed by atoms with van der Waals surface area (Å²) in [6, 6.07) is 21.1. The molecule has 0 unspecified atom stereocenters. The van der Waals surface area contributed by atoms with Crippen LogP contribution in [0.5, 0.6) is 0 Å². The molecule has 0 aliphatic carbocycles. The van der Waals surface area contributed by atoms with E-state index in [0.29, 0.717) is 0 Å². The van der Waals surface area contributed by atoms with Crippen LogP contribution < -0.4 is 0 Å². The molecule has 0 atom stereocenters. The third-order valence-electron chi connectivity index (χ3n) is 4.51. The topological polar surface area (TPSA) is 0 Å². The minimum atomic E-state index is -2.96. The van der Waals surface area contributed by atoms with Gasteiger partial charge in [-0.2, -0.15) is 0 Å². The Morgan fingerprint density at radius 1 is 0.652 bits per heavy atom. The molecule has 0 aliphatic heterocycles. The van der Waals surface area contributed by atoms with E-state index in [1.807, 2.05) is 12.1 Å². The van der Waals surface area contributed by atoms with Gasteiger partial charge in [0, 0.05) is 0 Å². The van der Waals surface area contributed by atoms with Crippen LogP contribution in [0.25, 0.3) is 0 Å². The molecule has 0 amide bonds. The van der Waals surface area contributed by atoms with Crippen LogP contribution in [0.1, 0.15) is 38.8 Å². The fourth-order valence-electron chi connectivity index (χ4n) is 3.34. The van der Waals surface area contributed by atoms with Crippen LogP contribution in [0.3, 0.4) is 0 Å². The molecular weight excluding hydrogens is 359 g/mol. The number of hydrogen-bond acceptors (Lipinski definition) is 0. The van der Waals surface area contributed by atoms with Crippen molar-refractivity contribution in [3.05, 3.63) is 71.8 Å². The number of benzene rings is 2. The van der Waals surface area contributed by atoms with E-state index in [0.717, 1.165) is 9.45 Å². The van der Waals surface area contributed by atoms with Gasteiger partial charge in [0.05, 0.1) is 0 Å². The Hall–Kier alpha value is -0.266. The minimum absolute atomic E-state index is 0.0114. The average molecular weight is 385 g/mol.